The third-order valence-corrected chi connectivity index (χ3v) is 5.16. The highest BCUT2D eigenvalue weighted by Gasteiger charge is 2.23. The lowest BCUT2D eigenvalue weighted by molar-refractivity contribution is 0.0932. The largest absolute Gasteiger partial charge is 0.470 e. The average Bonchev–Trinajstić information content (AvgIpc) is 2.81. The van der Waals surface area contributed by atoms with Gasteiger partial charge in [0.2, 0.25) is 11.8 Å². The predicted octanol–water partition coefficient (Wildman–Crippen LogP) is 3.41. The fraction of sp³-hybridized carbons (Fsp3) is 0.304. The maximum atomic E-state index is 12.7. The number of ether oxygens (including phenoxy) is 1. The van der Waals surface area contributed by atoms with Crippen LogP contribution >= 0.6 is 0 Å². The van der Waals surface area contributed by atoms with Crippen molar-refractivity contribution in [2.75, 3.05) is 18.0 Å². The number of benzene rings is 1. The Morgan fingerprint density at radius 3 is 2.63 bits per heavy atom. The minimum absolute atomic E-state index is 0.0454. The number of pyridine rings is 1. The lowest BCUT2D eigenvalue weighted by atomic mass is 10.1. The van der Waals surface area contributed by atoms with Crippen molar-refractivity contribution in [2.45, 2.75) is 31.9 Å². The van der Waals surface area contributed by atoms with Crippen molar-refractivity contribution in [1.82, 2.24) is 20.3 Å². The Morgan fingerprint density at radius 1 is 1.10 bits per heavy atom. The van der Waals surface area contributed by atoms with Gasteiger partial charge < -0.3 is 15.0 Å². The summed E-state index contributed by atoms with van der Waals surface area (Å²) in [5, 5.41) is 3.10. The first-order valence-electron chi connectivity index (χ1n) is 10.2. The topological polar surface area (TPSA) is 80.2 Å². The Hall–Kier alpha value is -3.48. The number of aromatic nitrogens is 3. The molecule has 3 aromatic rings. The van der Waals surface area contributed by atoms with E-state index < -0.39 is 0 Å². The quantitative estimate of drug-likeness (QED) is 0.679. The van der Waals surface area contributed by atoms with Crippen molar-refractivity contribution >= 4 is 11.9 Å². The summed E-state index contributed by atoms with van der Waals surface area (Å²) in [6.45, 7) is 3.56. The Balaban J connectivity index is 1.33. The minimum atomic E-state index is -0.133. The standard InChI is InChI=1S/C23H25N5O2/c1-17(18-7-3-2-4-8-18)30-21-11-10-19(15-26-21)22(29)27-20-9-5-14-28(16-20)23-24-12-6-13-25-23/h2-4,6-8,10-13,15,17,20H,5,9,14,16H2,1H3,(H,27,29)/t17-,20-/m0/s1. The third-order valence-electron chi connectivity index (χ3n) is 5.16. The Bertz CT molecular complexity index is 950. The molecule has 0 spiro atoms. The molecule has 1 aliphatic heterocycles. The Kier molecular flexibility index (Phi) is 6.17. The monoisotopic (exact) mass is 403 g/mol. The predicted molar refractivity (Wildman–Crippen MR) is 114 cm³/mol. The van der Waals surface area contributed by atoms with Crippen molar-refractivity contribution in [3.63, 3.8) is 0 Å². The highest BCUT2D eigenvalue weighted by Crippen LogP contribution is 2.20. The van der Waals surface area contributed by atoms with Gasteiger partial charge in [-0.25, -0.2) is 15.0 Å². The zero-order valence-electron chi connectivity index (χ0n) is 16.9. The van der Waals surface area contributed by atoms with Crippen molar-refractivity contribution in [2.24, 2.45) is 0 Å². The number of piperidine rings is 1. The van der Waals surface area contributed by atoms with E-state index in [4.69, 9.17) is 4.74 Å². The molecule has 2 atom stereocenters. The molecule has 1 N–H and O–H groups in total. The summed E-state index contributed by atoms with van der Waals surface area (Å²) in [5.74, 6) is 1.06. The van der Waals surface area contributed by atoms with E-state index in [0.717, 1.165) is 24.9 Å². The van der Waals surface area contributed by atoms with Gasteiger partial charge in [0.25, 0.3) is 5.91 Å². The molecule has 4 rings (SSSR count). The van der Waals surface area contributed by atoms with Crippen molar-refractivity contribution in [3.8, 4) is 5.88 Å². The van der Waals surface area contributed by atoms with Crippen LogP contribution in [0.3, 0.4) is 0 Å². The molecule has 0 bridgehead atoms. The summed E-state index contributed by atoms with van der Waals surface area (Å²) in [7, 11) is 0. The Morgan fingerprint density at radius 2 is 1.90 bits per heavy atom. The van der Waals surface area contributed by atoms with Crippen LogP contribution in [0.2, 0.25) is 0 Å². The van der Waals surface area contributed by atoms with Crippen molar-refractivity contribution in [3.05, 3.63) is 78.2 Å². The first-order chi connectivity index (χ1) is 14.7. The number of rotatable bonds is 6. The van der Waals surface area contributed by atoms with Gasteiger partial charge in [-0.3, -0.25) is 4.79 Å². The van der Waals surface area contributed by atoms with E-state index in [0.29, 0.717) is 23.9 Å². The molecule has 1 saturated heterocycles. The van der Waals surface area contributed by atoms with Crippen LogP contribution < -0.4 is 15.0 Å². The van der Waals surface area contributed by atoms with E-state index >= 15 is 0 Å². The van der Waals surface area contributed by atoms with E-state index in [1.807, 2.05) is 37.3 Å². The highest BCUT2D eigenvalue weighted by atomic mass is 16.5. The number of amides is 1. The van der Waals surface area contributed by atoms with Gasteiger partial charge in [-0.2, -0.15) is 0 Å². The second-order valence-corrected chi connectivity index (χ2v) is 7.36. The second-order valence-electron chi connectivity index (χ2n) is 7.36. The molecule has 0 unspecified atom stereocenters. The molecular formula is C23H25N5O2. The lowest BCUT2D eigenvalue weighted by Crippen LogP contribution is -2.48. The van der Waals surface area contributed by atoms with Crippen LogP contribution in [0.1, 0.15) is 41.8 Å². The molecule has 0 saturated carbocycles. The van der Waals surface area contributed by atoms with Crippen molar-refractivity contribution in [1.29, 1.82) is 0 Å². The molecule has 3 heterocycles. The zero-order valence-corrected chi connectivity index (χ0v) is 16.9. The molecule has 2 aromatic heterocycles. The van der Waals surface area contributed by atoms with E-state index in [2.05, 4.69) is 25.2 Å². The van der Waals surface area contributed by atoms with Crippen LogP contribution in [0, 0.1) is 0 Å². The molecule has 0 aliphatic carbocycles. The number of hydrogen-bond acceptors (Lipinski definition) is 6. The van der Waals surface area contributed by atoms with Crippen LogP contribution in [-0.4, -0.2) is 40.0 Å². The fourth-order valence-corrected chi connectivity index (χ4v) is 3.56. The maximum absolute atomic E-state index is 12.7. The molecule has 0 radical (unpaired) electrons. The number of carbonyl (C=O) groups excluding carboxylic acids is 1. The minimum Gasteiger partial charge on any atom is -0.470 e. The number of hydrogen-bond donors (Lipinski definition) is 1. The van der Waals surface area contributed by atoms with E-state index in [9.17, 15) is 4.79 Å². The van der Waals surface area contributed by atoms with Gasteiger partial charge >= 0.3 is 0 Å². The fourth-order valence-electron chi connectivity index (χ4n) is 3.56. The summed E-state index contributed by atoms with van der Waals surface area (Å²) in [6.07, 6.45) is 6.82. The lowest BCUT2D eigenvalue weighted by Gasteiger charge is -2.33. The van der Waals surface area contributed by atoms with Crippen LogP contribution in [0.25, 0.3) is 0 Å². The van der Waals surface area contributed by atoms with Crippen LogP contribution in [0.4, 0.5) is 5.95 Å². The SMILES string of the molecule is C[C@H](Oc1ccc(C(=O)N[C@H]2CCCN(c3ncccn3)C2)cn1)c1ccccc1. The maximum Gasteiger partial charge on any atom is 0.253 e. The molecule has 1 amide bonds. The van der Waals surface area contributed by atoms with Gasteiger partial charge in [-0.05, 0) is 37.5 Å². The molecule has 1 fully saturated rings. The molecule has 1 aromatic carbocycles. The molecule has 154 valence electrons. The zero-order chi connectivity index (χ0) is 20.8. The number of nitrogens with zero attached hydrogens (tertiary/aromatic N) is 4. The summed E-state index contributed by atoms with van der Waals surface area (Å²) < 4.78 is 5.88. The second kappa shape index (κ2) is 9.35. The van der Waals surface area contributed by atoms with E-state index in [-0.39, 0.29) is 18.1 Å². The van der Waals surface area contributed by atoms with Crippen LogP contribution in [0.5, 0.6) is 5.88 Å². The van der Waals surface area contributed by atoms with Gasteiger partial charge in [0.05, 0.1) is 5.56 Å². The molecule has 7 heteroatoms. The molecule has 7 nitrogen and oxygen atoms in total. The number of anilines is 1. The van der Waals surface area contributed by atoms with Gasteiger partial charge in [0, 0.05) is 43.8 Å². The van der Waals surface area contributed by atoms with Gasteiger partial charge in [0.1, 0.15) is 6.10 Å². The smallest absolute Gasteiger partial charge is 0.253 e. The first-order valence-corrected chi connectivity index (χ1v) is 10.2. The summed E-state index contributed by atoms with van der Waals surface area (Å²) in [5.41, 5.74) is 1.59. The Labute approximate surface area is 176 Å². The average molecular weight is 403 g/mol. The summed E-state index contributed by atoms with van der Waals surface area (Å²) in [6, 6.07) is 15.3. The van der Waals surface area contributed by atoms with Crippen molar-refractivity contribution < 1.29 is 9.53 Å². The van der Waals surface area contributed by atoms with Crippen LogP contribution in [-0.2, 0) is 0 Å². The van der Waals surface area contributed by atoms with E-state index in [1.165, 1.54) is 0 Å². The highest BCUT2D eigenvalue weighted by molar-refractivity contribution is 5.94. The van der Waals surface area contributed by atoms with Gasteiger partial charge in [-0.15, -0.1) is 0 Å². The molecule has 1 aliphatic rings. The van der Waals surface area contributed by atoms with Gasteiger partial charge in [0.15, 0.2) is 0 Å². The normalized spacial score (nSPS) is 17.2. The van der Waals surface area contributed by atoms with Crippen LogP contribution in [0.15, 0.2) is 67.1 Å². The van der Waals surface area contributed by atoms with E-state index in [1.54, 1.807) is 36.8 Å². The molecule has 30 heavy (non-hydrogen) atoms. The molecular weight excluding hydrogens is 378 g/mol. The number of nitrogens with one attached hydrogen (secondary N) is 1. The third kappa shape index (κ3) is 4.92. The summed E-state index contributed by atoms with van der Waals surface area (Å²) >= 11 is 0. The number of carbonyl (C=O) groups is 1. The first kappa shape index (κ1) is 19.8. The summed E-state index contributed by atoms with van der Waals surface area (Å²) in [4.78, 5) is 27.7. The van der Waals surface area contributed by atoms with Gasteiger partial charge in [-0.1, -0.05) is 30.3 Å².